The SMILES string of the molecule is Cc1ccc(Cn2cnc3c(-c4ccc(Cl)cc4)csc3c2=O)cc1. The fourth-order valence-electron chi connectivity index (χ4n) is 2.78. The fraction of sp³-hybridized carbons (Fsp3) is 0.100. The summed E-state index contributed by atoms with van der Waals surface area (Å²) >= 11 is 7.40. The number of hydrogen-bond donors (Lipinski definition) is 0. The molecule has 0 amide bonds. The van der Waals surface area contributed by atoms with Gasteiger partial charge in [-0.15, -0.1) is 11.3 Å². The Kier molecular flexibility index (Phi) is 4.15. The van der Waals surface area contributed by atoms with Crippen LogP contribution in [-0.4, -0.2) is 9.55 Å². The van der Waals surface area contributed by atoms with Crippen molar-refractivity contribution in [2.45, 2.75) is 13.5 Å². The minimum absolute atomic E-state index is 0.00390. The average molecular weight is 367 g/mol. The average Bonchev–Trinajstić information content (AvgIpc) is 3.05. The lowest BCUT2D eigenvalue weighted by Crippen LogP contribution is -2.20. The highest BCUT2D eigenvalue weighted by molar-refractivity contribution is 7.17. The Morgan fingerprint density at radius 1 is 1.08 bits per heavy atom. The van der Waals surface area contributed by atoms with Gasteiger partial charge >= 0.3 is 0 Å². The van der Waals surface area contributed by atoms with Gasteiger partial charge in [-0.2, -0.15) is 0 Å². The molecule has 0 spiro atoms. The number of nitrogens with zero attached hydrogens (tertiary/aromatic N) is 2. The number of aromatic nitrogens is 2. The molecule has 0 bridgehead atoms. The van der Waals surface area contributed by atoms with Crippen molar-refractivity contribution < 1.29 is 0 Å². The molecule has 4 aromatic rings. The standard InChI is InChI=1S/C20H15ClN2OS/c1-13-2-4-14(5-3-13)10-23-12-22-18-17(11-25-19(18)20(23)24)15-6-8-16(21)9-7-15/h2-9,11-12H,10H2,1H3. The quantitative estimate of drug-likeness (QED) is 0.503. The van der Waals surface area contributed by atoms with Gasteiger partial charge in [-0.3, -0.25) is 9.36 Å². The Morgan fingerprint density at radius 3 is 2.52 bits per heavy atom. The summed E-state index contributed by atoms with van der Waals surface area (Å²) in [4.78, 5) is 17.4. The van der Waals surface area contributed by atoms with Gasteiger partial charge in [0, 0.05) is 16.0 Å². The lowest BCUT2D eigenvalue weighted by Gasteiger charge is -2.06. The Balaban J connectivity index is 1.75. The van der Waals surface area contributed by atoms with E-state index in [0.717, 1.165) is 22.2 Å². The summed E-state index contributed by atoms with van der Waals surface area (Å²) in [5.41, 5.74) is 5.02. The van der Waals surface area contributed by atoms with Gasteiger partial charge < -0.3 is 0 Å². The molecule has 0 N–H and O–H groups in total. The second-order valence-corrected chi connectivity index (χ2v) is 7.31. The fourth-order valence-corrected chi connectivity index (χ4v) is 3.88. The molecule has 2 aromatic carbocycles. The smallest absolute Gasteiger partial charge is 0.271 e. The van der Waals surface area contributed by atoms with E-state index in [-0.39, 0.29) is 5.56 Å². The van der Waals surface area contributed by atoms with Crippen LogP contribution in [0.4, 0.5) is 0 Å². The first-order valence-electron chi connectivity index (χ1n) is 7.90. The van der Waals surface area contributed by atoms with E-state index in [1.807, 2.05) is 48.7 Å². The lowest BCUT2D eigenvalue weighted by atomic mass is 10.1. The zero-order chi connectivity index (χ0) is 17.4. The molecular weight excluding hydrogens is 352 g/mol. The summed E-state index contributed by atoms with van der Waals surface area (Å²) in [6.07, 6.45) is 1.64. The van der Waals surface area contributed by atoms with Crippen LogP contribution in [0.3, 0.4) is 0 Å². The van der Waals surface area contributed by atoms with Crippen LogP contribution >= 0.6 is 22.9 Å². The van der Waals surface area contributed by atoms with E-state index >= 15 is 0 Å². The molecule has 0 saturated heterocycles. The number of benzene rings is 2. The summed E-state index contributed by atoms with van der Waals surface area (Å²) < 4.78 is 2.34. The van der Waals surface area contributed by atoms with Gasteiger partial charge in [0.1, 0.15) is 4.70 Å². The van der Waals surface area contributed by atoms with Crippen molar-refractivity contribution in [1.82, 2.24) is 9.55 Å². The predicted octanol–water partition coefficient (Wildman–Crippen LogP) is 5.14. The first kappa shape index (κ1) is 16.1. The Labute approximate surface area is 154 Å². The van der Waals surface area contributed by atoms with Crippen molar-refractivity contribution in [3.63, 3.8) is 0 Å². The summed E-state index contributed by atoms with van der Waals surface area (Å²) in [7, 11) is 0. The Bertz CT molecular complexity index is 1100. The topological polar surface area (TPSA) is 34.9 Å². The number of thiophene rings is 1. The maximum absolute atomic E-state index is 12.8. The van der Waals surface area contributed by atoms with Crippen LogP contribution in [0.2, 0.25) is 5.02 Å². The number of halogens is 1. The monoisotopic (exact) mass is 366 g/mol. The minimum atomic E-state index is -0.00390. The van der Waals surface area contributed by atoms with E-state index in [2.05, 4.69) is 17.1 Å². The maximum Gasteiger partial charge on any atom is 0.271 e. The third kappa shape index (κ3) is 3.11. The second kappa shape index (κ2) is 6.47. The summed E-state index contributed by atoms with van der Waals surface area (Å²) in [5, 5.41) is 2.68. The first-order chi connectivity index (χ1) is 12.1. The van der Waals surface area contributed by atoms with E-state index in [1.165, 1.54) is 16.9 Å². The highest BCUT2D eigenvalue weighted by atomic mass is 35.5. The van der Waals surface area contributed by atoms with Crippen LogP contribution in [0.5, 0.6) is 0 Å². The minimum Gasteiger partial charge on any atom is -0.294 e. The molecule has 0 aliphatic carbocycles. The molecule has 5 heteroatoms. The van der Waals surface area contributed by atoms with Gasteiger partial charge in [0.25, 0.3) is 5.56 Å². The third-order valence-corrected chi connectivity index (χ3v) is 5.38. The van der Waals surface area contributed by atoms with Gasteiger partial charge in [-0.25, -0.2) is 4.98 Å². The number of aryl methyl sites for hydroxylation is 1. The summed E-state index contributed by atoms with van der Waals surface area (Å²) in [5.74, 6) is 0. The number of rotatable bonds is 3. The summed E-state index contributed by atoms with van der Waals surface area (Å²) in [6, 6.07) is 15.8. The maximum atomic E-state index is 12.8. The molecule has 25 heavy (non-hydrogen) atoms. The molecule has 0 unspecified atom stereocenters. The van der Waals surface area contributed by atoms with Crippen LogP contribution in [0.1, 0.15) is 11.1 Å². The highest BCUT2D eigenvalue weighted by Gasteiger charge is 2.12. The van der Waals surface area contributed by atoms with Crippen molar-refractivity contribution in [3.05, 3.63) is 86.7 Å². The summed E-state index contributed by atoms with van der Waals surface area (Å²) in [6.45, 7) is 2.57. The van der Waals surface area contributed by atoms with Gasteiger partial charge in [0.15, 0.2) is 0 Å². The van der Waals surface area contributed by atoms with Crippen LogP contribution in [0.15, 0.2) is 65.0 Å². The molecule has 0 atom stereocenters. The Morgan fingerprint density at radius 2 is 1.80 bits per heavy atom. The van der Waals surface area contributed by atoms with E-state index in [4.69, 9.17) is 11.6 Å². The van der Waals surface area contributed by atoms with Crippen molar-refractivity contribution in [2.24, 2.45) is 0 Å². The molecule has 0 saturated carbocycles. The molecular formula is C20H15ClN2OS. The van der Waals surface area contributed by atoms with E-state index in [9.17, 15) is 4.79 Å². The van der Waals surface area contributed by atoms with Gasteiger partial charge in [-0.05, 0) is 30.2 Å². The molecule has 124 valence electrons. The zero-order valence-electron chi connectivity index (χ0n) is 13.6. The molecule has 0 aliphatic rings. The number of fused-ring (bicyclic) bond motifs is 1. The second-order valence-electron chi connectivity index (χ2n) is 6.00. The van der Waals surface area contributed by atoms with E-state index < -0.39 is 0 Å². The van der Waals surface area contributed by atoms with Crippen molar-refractivity contribution in [1.29, 1.82) is 0 Å². The van der Waals surface area contributed by atoms with E-state index in [1.54, 1.807) is 10.9 Å². The van der Waals surface area contributed by atoms with Crippen molar-refractivity contribution in [2.75, 3.05) is 0 Å². The first-order valence-corrected chi connectivity index (χ1v) is 9.16. The highest BCUT2D eigenvalue weighted by Crippen LogP contribution is 2.31. The predicted molar refractivity (Wildman–Crippen MR) is 105 cm³/mol. The van der Waals surface area contributed by atoms with Crippen LogP contribution in [0.25, 0.3) is 21.3 Å². The van der Waals surface area contributed by atoms with Gasteiger partial charge in [0.05, 0.1) is 18.4 Å². The van der Waals surface area contributed by atoms with Gasteiger partial charge in [-0.1, -0.05) is 53.6 Å². The lowest BCUT2D eigenvalue weighted by molar-refractivity contribution is 0.750. The van der Waals surface area contributed by atoms with Crippen molar-refractivity contribution >= 4 is 33.2 Å². The normalized spacial score (nSPS) is 11.1. The zero-order valence-corrected chi connectivity index (χ0v) is 15.1. The van der Waals surface area contributed by atoms with Crippen molar-refractivity contribution in [3.8, 4) is 11.1 Å². The molecule has 2 heterocycles. The largest absolute Gasteiger partial charge is 0.294 e. The van der Waals surface area contributed by atoms with Crippen LogP contribution in [0, 0.1) is 6.92 Å². The molecule has 4 rings (SSSR count). The van der Waals surface area contributed by atoms with Gasteiger partial charge in [0.2, 0.25) is 0 Å². The molecule has 3 nitrogen and oxygen atoms in total. The Hall–Kier alpha value is -2.43. The molecule has 0 fully saturated rings. The molecule has 0 radical (unpaired) electrons. The van der Waals surface area contributed by atoms with E-state index in [0.29, 0.717) is 16.3 Å². The molecule has 0 aliphatic heterocycles. The van der Waals surface area contributed by atoms with Crippen LogP contribution < -0.4 is 5.56 Å². The third-order valence-electron chi connectivity index (χ3n) is 4.17. The molecule has 2 aromatic heterocycles. The van der Waals surface area contributed by atoms with Crippen LogP contribution in [-0.2, 0) is 6.54 Å². The number of hydrogen-bond acceptors (Lipinski definition) is 3.